The quantitative estimate of drug-likeness (QED) is 0.726. The predicted octanol–water partition coefficient (Wildman–Crippen LogP) is 4.34. The normalized spacial score (nSPS) is 12.4. The lowest BCUT2D eigenvalue weighted by molar-refractivity contribution is 0.717. The average molecular weight is 438 g/mol. The highest BCUT2D eigenvalue weighted by Crippen LogP contribution is 2.27. The maximum Gasteiger partial charge on any atom is 0.0622 e. The Bertz CT molecular complexity index is 562. The van der Waals surface area contributed by atoms with Gasteiger partial charge in [0.15, 0.2) is 0 Å². The third kappa shape index (κ3) is 3.44. The van der Waals surface area contributed by atoms with E-state index in [2.05, 4.69) is 49.6 Å². The van der Waals surface area contributed by atoms with E-state index in [0.29, 0.717) is 11.4 Å². The lowest BCUT2D eigenvalue weighted by Crippen LogP contribution is -2.14. The predicted molar refractivity (Wildman–Crippen MR) is 86.7 cm³/mol. The van der Waals surface area contributed by atoms with Crippen molar-refractivity contribution < 1.29 is 0 Å². The molecule has 1 atom stereocenters. The maximum atomic E-state index is 6.25. The fourth-order valence-corrected chi connectivity index (χ4v) is 2.97. The number of hydrogen-bond donors (Lipinski definition) is 1. The monoisotopic (exact) mass is 436 g/mol. The van der Waals surface area contributed by atoms with Crippen LogP contribution in [-0.4, -0.2) is 4.98 Å². The number of nitrogens with zero attached hydrogens (tertiary/aromatic N) is 1. The highest BCUT2D eigenvalue weighted by Gasteiger charge is 2.12. The molecule has 0 bridgehead atoms. The van der Waals surface area contributed by atoms with E-state index in [0.717, 1.165) is 15.6 Å². The van der Waals surface area contributed by atoms with Crippen molar-refractivity contribution in [1.29, 1.82) is 0 Å². The summed E-state index contributed by atoms with van der Waals surface area (Å²) in [7, 11) is 0. The first kappa shape index (κ1) is 14.2. The Labute approximate surface area is 133 Å². The Balaban J connectivity index is 2.25. The van der Waals surface area contributed by atoms with E-state index in [9.17, 15) is 0 Å². The Kier molecular flexibility index (Phi) is 5.00. The summed E-state index contributed by atoms with van der Waals surface area (Å²) in [4.78, 5) is 3.97. The van der Waals surface area contributed by atoms with E-state index in [1.807, 2.05) is 18.2 Å². The molecule has 2 N–H and O–H groups in total. The van der Waals surface area contributed by atoms with Crippen molar-refractivity contribution in [3.63, 3.8) is 0 Å². The zero-order chi connectivity index (χ0) is 13.1. The van der Waals surface area contributed by atoms with Gasteiger partial charge >= 0.3 is 0 Å². The molecule has 1 heterocycles. The second-order valence-corrected chi connectivity index (χ2v) is 6.45. The fraction of sp³-hybridized carbons (Fsp3) is 0.154. The second kappa shape index (κ2) is 6.32. The molecule has 5 heteroatoms. The van der Waals surface area contributed by atoms with Crippen LogP contribution in [0.4, 0.5) is 0 Å². The molecule has 18 heavy (non-hydrogen) atoms. The van der Waals surface area contributed by atoms with Crippen LogP contribution in [0.2, 0.25) is 5.02 Å². The molecule has 2 rings (SSSR count). The van der Waals surface area contributed by atoms with Crippen LogP contribution in [0.5, 0.6) is 0 Å². The Morgan fingerprint density at radius 3 is 2.89 bits per heavy atom. The minimum Gasteiger partial charge on any atom is -0.324 e. The molecule has 1 aromatic carbocycles. The van der Waals surface area contributed by atoms with Gasteiger partial charge in [-0.3, -0.25) is 4.98 Å². The Hall–Kier alpha value is -0.170. The molecular formula is C13H11BrClIN2. The summed E-state index contributed by atoms with van der Waals surface area (Å²) in [6.07, 6.45) is 4.07. The van der Waals surface area contributed by atoms with Crippen molar-refractivity contribution in [3.8, 4) is 0 Å². The van der Waals surface area contributed by atoms with Crippen LogP contribution >= 0.6 is 50.1 Å². The number of aromatic nitrogens is 1. The molecule has 1 aromatic heterocycles. The summed E-state index contributed by atoms with van der Waals surface area (Å²) in [5.41, 5.74) is 8.36. The molecule has 2 nitrogen and oxygen atoms in total. The van der Waals surface area contributed by atoms with Gasteiger partial charge in [-0.25, -0.2) is 0 Å². The molecule has 0 fully saturated rings. The zero-order valence-corrected chi connectivity index (χ0v) is 13.9. The van der Waals surface area contributed by atoms with Crippen LogP contribution in [0.1, 0.15) is 17.2 Å². The molecule has 0 saturated heterocycles. The summed E-state index contributed by atoms with van der Waals surface area (Å²) in [6, 6.07) is 7.97. The lowest BCUT2D eigenvalue weighted by atomic mass is 10.0. The first-order valence-electron chi connectivity index (χ1n) is 5.37. The maximum absolute atomic E-state index is 6.25. The summed E-state index contributed by atoms with van der Waals surface area (Å²) in [6.45, 7) is 0. The van der Waals surface area contributed by atoms with Crippen molar-refractivity contribution in [2.45, 2.75) is 12.5 Å². The van der Waals surface area contributed by atoms with Gasteiger partial charge in [-0.05, 0) is 64.4 Å². The summed E-state index contributed by atoms with van der Waals surface area (Å²) < 4.78 is 2.20. The van der Waals surface area contributed by atoms with Gasteiger partial charge in [0.05, 0.1) is 5.02 Å². The van der Waals surface area contributed by atoms with E-state index >= 15 is 0 Å². The Morgan fingerprint density at radius 1 is 1.39 bits per heavy atom. The van der Waals surface area contributed by atoms with Crippen LogP contribution in [0.3, 0.4) is 0 Å². The largest absolute Gasteiger partial charge is 0.324 e. The van der Waals surface area contributed by atoms with Gasteiger partial charge in [0.1, 0.15) is 0 Å². The van der Waals surface area contributed by atoms with Crippen molar-refractivity contribution in [2.24, 2.45) is 5.73 Å². The number of rotatable bonds is 3. The lowest BCUT2D eigenvalue weighted by Gasteiger charge is -2.15. The SMILES string of the molecule is NC(Cc1ccncc1Cl)c1cc(I)ccc1Br. The third-order valence-corrected chi connectivity index (χ3v) is 4.39. The fourth-order valence-electron chi connectivity index (χ4n) is 1.72. The molecule has 0 amide bonds. The van der Waals surface area contributed by atoms with Gasteiger partial charge in [-0.15, -0.1) is 0 Å². The van der Waals surface area contributed by atoms with Gasteiger partial charge in [-0.1, -0.05) is 27.5 Å². The summed E-state index contributed by atoms with van der Waals surface area (Å²) in [5, 5.41) is 0.662. The average Bonchev–Trinajstić information content (AvgIpc) is 2.35. The zero-order valence-electron chi connectivity index (χ0n) is 9.41. The molecule has 0 aliphatic heterocycles. The van der Waals surface area contributed by atoms with E-state index < -0.39 is 0 Å². The van der Waals surface area contributed by atoms with Gasteiger partial charge in [0, 0.05) is 26.5 Å². The second-order valence-electron chi connectivity index (χ2n) is 3.94. The van der Waals surface area contributed by atoms with Crippen molar-refractivity contribution >= 4 is 50.1 Å². The smallest absolute Gasteiger partial charge is 0.0622 e. The number of benzene rings is 1. The van der Waals surface area contributed by atoms with E-state index in [1.54, 1.807) is 12.4 Å². The van der Waals surface area contributed by atoms with Crippen molar-refractivity contribution in [1.82, 2.24) is 4.98 Å². The number of halogens is 3. The molecule has 1 unspecified atom stereocenters. The topological polar surface area (TPSA) is 38.9 Å². The van der Waals surface area contributed by atoms with Gasteiger partial charge in [-0.2, -0.15) is 0 Å². The Morgan fingerprint density at radius 2 is 2.17 bits per heavy atom. The highest BCUT2D eigenvalue weighted by atomic mass is 127. The van der Waals surface area contributed by atoms with Crippen LogP contribution in [0.15, 0.2) is 41.1 Å². The number of hydrogen-bond acceptors (Lipinski definition) is 2. The first-order chi connectivity index (χ1) is 8.58. The minimum absolute atomic E-state index is 0.0889. The molecule has 0 aliphatic rings. The standard InChI is InChI=1S/C13H11BrClIN2/c14-11-2-1-9(16)6-10(11)13(17)5-8-3-4-18-7-12(8)15/h1-4,6-7,13H,5,17H2. The van der Waals surface area contributed by atoms with Gasteiger partial charge < -0.3 is 5.73 Å². The van der Waals surface area contributed by atoms with Crippen molar-refractivity contribution in [3.05, 3.63) is 60.9 Å². The number of nitrogens with two attached hydrogens (primary N) is 1. The molecular weight excluding hydrogens is 426 g/mol. The molecule has 0 spiro atoms. The summed E-state index contributed by atoms with van der Waals surface area (Å²) in [5.74, 6) is 0. The molecule has 0 radical (unpaired) electrons. The molecule has 0 aliphatic carbocycles. The van der Waals surface area contributed by atoms with Crippen molar-refractivity contribution in [2.75, 3.05) is 0 Å². The molecule has 0 saturated carbocycles. The molecule has 94 valence electrons. The van der Waals surface area contributed by atoms with E-state index in [4.69, 9.17) is 17.3 Å². The van der Waals surface area contributed by atoms with Crippen LogP contribution in [-0.2, 0) is 6.42 Å². The van der Waals surface area contributed by atoms with Crippen LogP contribution in [0.25, 0.3) is 0 Å². The summed E-state index contributed by atoms with van der Waals surface area (Å²) >= 11 is 11.9. The van der Waals surface area contributed by atoms with Crippen LogP contribution < -0.4 is 5.73 Å². The number of pyridine rings is 1. The first-order valence-corrected chi connectivity index (χ1v) is 7.62. The van der Waals surface area contributed by atoms with Gasteiger partial charge in [0.2, 0.25) is 0 Å². The van der Waals surface area contributed by atoms with E-state index in [1.165, 1.54) is 3.57 Å². The molecule has 2 aromatic rings. The highest BCUT2D eigenvalue weighted by molar-refractivity contribution is 14.1. The van der Waals surface area contributed by atoms with Gasteiger partial charge in [0.25, 0.3) is 0 Å². The third-order valence-electron chi connectivity index (χ3n) is 2.65. The minimum atomic E-state index is -0.0889. The van der Waals surface area contributed by atoms with E-state index in [-0.39, 0.29) is 6.04 Å². The van der Waals surface area contributed by atoms with Crippen LogP contribution in [0, 0.1) is 3.57 Å².